The molecule has 4 rings (SSSR count). The third kappa shape index (κ3) is 5.56. The number of halogens is 1. The van der Waals surface area contributed by atoms with Crippen LogP contribution in [0.4, 0.5) is 10.5 Å². The Hall–Kier alpha value is -2.55. The van der Waals surface area contributed by atoms with E-state index in [0.717, 1.165) is 11.1 Å². The van der Waals surface area contributed by atoms with Gasteiger partial charge in [0, 0.05) is 32.2 Å². The van der Waals surface area contributed by atoms with Crippen LogP contribution >= 0.6 is 11.6 Å². The molecule has 3 aliphatic rings. The fraction of sp³-hybridized carbons (Fsp3) is 0.556. The molecule has 1 aromatic carbocycles. The lowest BCUT2D eigenvalue weighted by Gasteiger charge is -2.38. The molecule has 3 aliphatic heterocycles. The smallest absolute Gasteiger partial charge is 0.409 e. The van der Waals surface area contributed by atoms with E-state index in [1.54, 1.807) is 19.1 Å². The van der Waals surface area contributed by atoms with Crippen molar-refractivity contribution in [2.75, 3.05) is 19.1 Å². The van der Waals surface area contributed by atoms with Crippen molar-refractivity contribution in [3.8, 4) is 5.75 Å². The Balaban J connectivity index is 1.66. The molecule has 0 aromatic heterocycles. The van der Waals surface area contributed by atoms with Gasteiger partial charge in [0.05, 0.1) is 24.5 Å². The van der Waals surface area contributed by atoms with Crippen LogP contribution in [0.2, 0.25) is 5.02 Å². The van der Waals surface area contributed by atoms with Gasteiger partial charge in [-0.2, -0.15) is 0 Å². The number of ether oxygens (including phenoxy) is 3. The third-order valence-corrected chi connectivity index (χ3v) is 7.84. The SMILES string of the molecule is COc1cc2cc(c1Cl)N(C)C(=O)CC[C@]1(C)OC1[C@H](C)C1C[C@](O)(C/C=C/C=C(\C)C2)NC(=O)O1. The first-order chi connectivity index (χ1) is 16.9. The van der Waals surface area contributed by atoms with Crippen LogP contribution in [0.1, 0.15) is 52.0 Å². The van der Waals surface area contributed by atoms with Gasteiger partial charge in [-0.3, -0.25) is 10.1 Å². The Bertz CT molecular complexity index is 1100. The molecule has 9 heteroatoms. The van der Waals surface area contributed by atoms with Crippen molar-refractivity contribution in [2.45, 2.75) is 76.4 Å². The molecule has 2 saturated heterocycles. The van der Waals surface area contributed by atoms with Gasteiger partial charge in [-0.25, -0.2) is 4.79 Å². The fourth-order valence-electron chi connectivity index (χ4n) is 5.19. The number of nitrogens with zero attached hydrogens (tertiary/aromatic N) is 1. The van der Waals surface area contributed by atoms with Gasteiger partial charge in [-0.1, -0.05) is 42.3 Å². The number of benzene rings is 1. The summed E-state index contributed by atoms with van der Waals surface area (Å²) in [6.45, 7) is 5.92. The lowest BCUT2D eigenvalue weighted by Crippen LogP contribution is -2.57. The maximum Gasteiger partial charge on any atom is 0.409 e. The van der Waals surface area contributed by atoms with Crippen LogP contribution in [0.25, 0.3) is 0 Å². The molecule has 2 N–H and O–H groups in total. The highest BCUT2D eigenvalue weighted by Crippen LogP contribution is 2.47. The molecule has 2 unspecified atom stereocenters. The molecule has 0 spiro atoms. The van der Waals surface area contributed by atoms with E-state index in [0.29, 0.717) is 29.3 Å². The predicted octanol–water partition coefficient (Wildman–Crippen LogP) is 4.52. The number of epoxide rings is 1. The van der Waals surface area contributed by atoms with Crippen molar-refractivity contribution in [1.29, 1.82) is 0 Å². The summed E-state index contributed by atoms with van der Waals surface area (Å²) in [4.78, 5) is 27.0. The molecule has 4 bridgehead atoms. The van der Waals surface area contributed by atoms with Crippen LogP contribution in [0.5, 0.6) is 5.75 Å². The molecule has 2 amide bonds. The number of rotatable bonds is 1. The highest BCUT2D eigenvalue weighted by Gasteiger charge is 2.58. The molecule has 196 valence electrons. The van der Waals surface area contributed by atoms with Crippen LogP contribution in [0.15, 0.2) is 35.9 Å². The summed E-state index contributed by atoms with van der Waals surface area (Å²) in [5, 5.41) is 14.0. The number of carbonyl (C=O) groups excluding carboxylic acids is 2. The molecular formula is C27H35ClN2O6. The zero-order chi connectivity index (χ0) is 26.3. The molecule has 0 radical (unpaired) electrons. The van der Waals surface area contributed by atoms with Gasteiger partial charge in [0.2, 0.25) is 5.91 Å². The molecule has 5 atom stereocenters. The number of nitrogens with one attached hydrogen (secondary N) is 1. The molecule has 0 saturated carbocycles. The maximum absolute atomic E-state index is 13.2. The van der Waals surface area contributed by atoms with Crippen molar-refractivity contribution < 1.29 is 28.9 Å². The van der Waals surface area contributed by atoms with Crippen LogP contribution in [-0.2, 0) is 20.7 Å². The van der Waals surface area contributed by atoms with Crippen molar-refractivity contribution in [3.05, 3.63) is 46.5 Å². The van der Waals surface area contributed by atoms with E-state index in [-0.39, 0.29) is 37.2 Å². The zero-order valence-corrected chi connectivity index (χ0v) is 22.2. The minimum absolute atomic E-state index is 0.0879. The highest BCUT2D eigenvalue weighted by molar-refractivity contribution is 6.35. The summed E-state index contributed by atoms with van der Waals surface area (Å²) in [6, 6.07) is 3.79. The maximum atomic E-state index is 13.2. The second-order valence-corrected chi connectivity index (χ2v) is 10.8. The Morgan fingerprint density at radius 3 is 2.78 bits per heavy atom. The number of methoxy groups -OCH3 is 1. The lowest BCUT2D eigenvalue weighted by molar-refractivity contribution is -0.118. The van der Waals surface area contributed by atoms with Crippen LogP contribution in [-0.4, -0.2) is 54.8 Å². The molecule has 2 fully saturated rings. The van der Waals surface area contributed by atoms with E-state index >= 15 is 0 Å². The second kappa shape index (κ2) is 10.1. The average molecular weight is 519 g/mol. The van der Waals surface area contributed by atoms with E-state index in [4.69, 9.17) is 25.8 Å². The van der Waals surface area contributed by atoms with Gasteiger partial charge in [-0.05, 0) is 44.4 Å². The van der Waals surface area contributed by atoms with Crippen molar-refractivity contribution in [1.82, 2.24) is 5.32 Å². The van der Waals surface area contributed by atoms with Gasteiger partial charge in [-0.15, -0.1) is 0 Å². The number of hydrogen-bond acceptors (Lipinski definition) is 6. The third-order valence-electron chi connectivity index (χ3n) is 7.46. The molecule has 1 aromatic rings. The Labute approximate surface area is 217 Å². The lowest BCUT2D eigenvalue weighted by atomic mass is 9.85. The van der Waals surface area contributed by atoms with E-state index in [2.05, 4.69) is 5.32 Å². The minimum atomic E-state index is -1.40. The van der Waals surface area contributed by atoms with Crippen LogP contribution in [0, 0.1) is 5.92 Å². The first kappa shape index (κ1) is 26.5. The molecule has 3 heterocycles. The number of fused-ring (bicyclic) bond motifs is 5. The fourth-order valence-corrected chi connectivity index (χ4v) is 5.51. The van der Waals surface area contributed by atoms with E-state index in [1.165, 1.54) is 0 Å². The van der Waals surface area contributed by atoms with E-state index in [1.807, 2.05) is 51.1 Å². The molecule has 36 heavy (non-hydrogen) atoms. The Morgan fingerprint density at radius 2 is 2.06 bits per heavy atom. The van der Waals surface area contributed by atoms with Crippen molar-refractivity contribution in [2.24, 2.45) is 5.92 Å². The summed E-state index contributed by atoms with van der Waals surface area (Å²) in [7, 11) is 3.27. The van der Waals surface area contributed by atoms with E-state index < -0.39 is 23.5 Å². The minimum Gasteiger partial charge on any atom is -0.495 e. The average Bonchev–Trinajstić information content (AvgIpc) is 3.50. The van der Waals surface area contributed by atoms with Gasteiger partial charge in [0.25, 0.3) is 0 Å². The standard InChI is InChI=1S/C27H35ClN2O6/c1-16-8-6-7-10-27(33)15-21(35-25(32)29-27)17(2)24-26(3,36-24)11-9-22(31)30(4)19-13-18(12-16)14-20(34-5)23(19)28/h6-8,13-14,17,21,24,33H,9-12,15H2,1-5H3,(H,29,32)/b7-6+,16-8+/t17-,21?,24?,26+,27-/m1/s1. The first-order valence-electron chi connectivity index (χ1n) is 12.3. The summed E-state index contributed by atoms with van der Waals surface area (Å²) < 4.78 is 17.0. The predicted molar refractivity (Wildman–Crippen MR) is 137 cm³/mol. The first-order valence-corrected chi connectivity index (χ1v) is 12.7. The van der Waals surface area contributed by atoms with Gasteiger partial charge in [0.1, 0.15) is 22.6 Å². The molecule has 8 nitrogen and oxygen atoms in total. The summed E-state index contributed by atoms with van der Waals surface area (Å²) >= 11 is 6.59. The summed E-state index contributed by atoms with van der Waals surface area (Å²) in [5.41, 5.74) is 0.692. The van der Waals surface area contributed by atoms with Gasteiger partial charge < -0.3 is 24.2 Å². The normalized spacial score (nSPS) is 35.6. The number of alkyl carbamates (subject to hydrolysis) is 1. The van der Waals surface area contributed by atoms with Crippen LogP contribution < -0.4 is 15.0 Å². The van der Waals surface area contributed by atoms with Gasteiger partial charge in [0.15, 0.2) is 0 Å². The largest absolute Gasteiger partial charge is 0.495 e. The Morgan fingerprint density at radius 1 is 1.31 bits per heavy atom. The van der Waals surface area contributed by atoms with E-state index in [9.17, 15) is 14.7 Å². The van der Waals surface area contributed by atoms with Gasteiger partial charge >= 0.3 is 6.09 Å². The van der Waals surface area contributed by atoms with Crippen LogP contribution in [0.3, 0.4) is 0 Å². The summed E-state index contributed by atoms with van der Waals surface area (Å²) in [6.07, 6.45) is 6.20. The monoisotopic (exact) mass is 518 g/mol. The number of hydrogen-bond donors (Lipinski definition) is 2. The number of allylic oxidation sites excluding steroid dienone is 3. The van der Waals surface area contributed by atoms with Crippen molar-refractivity contribution >= 4 is 29.3 Å². The molecule has 0 aliphatic carbocycles. The Kier molecular flexibility index (Phi) is 7.42. The number of aliphatic hydroxyl groups is 1. The second-order valence-electron chi connectivity index (χ2n) is 10.4. The zero-order valence-electron chi connectivity index (χ0n) is 21.5. The molecular weight excluding hydrogens is 484 g/mol. The van der Waals surface area contributed by atoms with Crippen molar-refractivity contribution in [3.63, 3.8) is 0 Å². The number of carbonyl (C=O) groups is 2. The number of anilines is 1. The summed E-state index contributed by atoms with van der Waals surface area (Å²) in [5.74, 6) is 0.272. The number of amides is 2. The quantitative estimate of drug-likeness (QED) is 0.530. The highest BCUT2D eigenvalue weighted by atomic mass is 35.5. The topological polar surface area (TPSA) is 101 Å².